The Morgan fingerprint density at radius 1 is 1.50 bits per heavy atom. The Labute approximate surface area is 143 Å². The Hall–Kier alpha value is -2.43. The normalized spacial score (nSPS) is 11.5. The van der Waals surface area contributed by atoms with Gasteiger partial charge in [-0.1, -0.05) is 26.5 Å². The molecule has 0 saturated heterocycles. The summed E-state index contributed by atoms with van der Waals surface area (Å²) in [5.41, 5.74) is 1.39. The van der Waals surface area contributed by atoms with Gasteiger partial charge >= 0.3 is 0 Å². The molecular formula is C19H26FN3O. The molecule has 5 heteroatoms. The number of hydrogen-bond donors (Lipinski definition) is 2. The molecule has 0 amide bonds. The predicted octanol–water partition coefficient (Wildman–Crippen LogP) is 4.60. The maximum absolute atomic E-state index is 14.3. The summed E-state index contributed by atoms with van der Waals surface area (Å²) in [4.78, 5) is 12.8. The van der Waals surface area contributed by atoms with Crippen LogP contribution in [0.1, 0.15) is 42.6 Å². The Kier molecular flexibility index (Phi) is 7.36. The molecule has 1 rings (SSSR count). The first-order valence-corrected chi connectivity index (χ1v) is 7.99. The molecule has 0 aromatic heterocycles. The number of hydrogen-bond acceptors (Lipinski definition) is 3. The summed E-state index contributed by atoms with van der Waals surface area (Å²) >= 11 is 0. The van der Waals surface area contributed by atoms with Crippen LogP contribution in [0.25, 0.3) is 0 Å². The monoisotopic (exact) mass is 331 g/mol. The fraction of sp³-hybridized carbons (Fsp3) is 0.368. The van der Waals surface area contributed by atoms with Crippen LogP contribution in [0, 0.1) is 17.1 Å². The molecule has 24 heavy (non-hydrogen) atoms. The third kappa shape index (κ3) is 5.05. The number of carbonyl (C=O) groups excluding carboxylic acids is 1. The molecule has 1 aromatic carbocycles. The summed E-state index contributed by atoms with van der Waals surface area (Å²) in [6, 6.07) is 2.89. The first kappa shape index (κ1) is 19.6. The third-order valence-corrected chi connectivity index (χ3v) is 3.92. The molecule has 0 saturated carbocycles. The SMILES string of the molecule is C=CCC(C)Cc1cc(NC(=C)N(C)C(=N)CC)c(F)cc1C=O. The predicted molar refractivity (Wildman–Crippen MR) is 98.0 cm³/mol. The number of nitrogens with zero attached hydrogens (tertiary/aromatic N) is 1. The summed E-state index contributed by atoms with van der Waals surface area (Å²) in [7, 11) is 1.70. The third-order valence-electron chi connectivity index (χ3n) is 3.92. The fourth-order valence-corrected chi connectivity index (χ4v) is 2.40. The van der Waals surface area contributed by atoms with Crippen molar-refractivity contribution in [3.05, 3.63) is 54.1 Å². The maximum atomic E-state index is 14.3. The van der Waals surface area contributed by atoms with Crippen LogP contribution in [0.2, 0.25) is 0 Å². The number of nitrogens with one attached hydrogen (secondary N) is 2. The second kappa shape index (κ2) is 9.01. The summed E-state index contributed by atoms with van der Waals surface area (Å²) in [6.07, 6.45) is 4.54. The Balaban J connectivity index is 3.06. The zero-order valence-corrected chi connectivity index (χ0v) is 14.7. The highest BCUT2D eigenvalue weighted by molar-refractivity contribution is 5.81. The van der Waals surface area contributed by atoms with Crippen molar-refractivity contribution in [3.8, 4) is 0 Å². The van der Waals surface area contributed by atoms with Gasteiger partial charge in [0.25, 0.3) is 0 Å². The molecule has 2 N–H and O–H groups in total. The number of anilines is 1. The van der Waals surface area contributed by atoms with Gasteiger partial charge in [0, 0.05) is 19.0 Å². The van der Waals surface area contributed by atoms with E-state index in [-0.39, 0.29) is 5.69 Å². The summed E-state index contributed by atoms with van der Waals surface area (Å²) in [5.74, 6) is 0.565. The van der Waals surface area contributed by atoms with E-state index < -0.39 is 5.82 Å². The molecule has 0 aliphatic heterocycles. The smallest absolute Gasteiger partial charge is 0.150 e. The topological polar surface area (TPSA) is 56.2 Å². The largest absolute Gasteiger partial charge is 0.340 e. The lowest BCUT2D eigenvalue weighted by Gasteiger charge is -2.23. The van der Waals surface area contributed by atoms with Gasteiger partial charge in [-0.2, -0.15) is 0 Å². The minimum absolute atomic E-state index is 0.252. The van der Waals surface area contributed by atoms with Gasteiger partial charge in [-0.25, -0.2) is 4.39 Å². The van der Waals surface area contributed by atoms with Gasteiger partial charge in [-0.15, -0.1) is 6.58 Å². The molecule has 0 aliphatic rings. The van der Waals surface area contributed by atoms with Crippen LogP contribution in [-0.4, -0.2) is 24.1 Å². The van der Waals surface area contributed by atoms with Crippen molar-refractivity contribution in [1.29, 1.82) is 5.41 Å². The van der Waals surface area contributed by atoms with Crippen LogP contribution in [0.15, 0.2) is 37.2 Å². The van der Waals surface area contributed by atoms with Gasteiger partial charge in [0.2, 0.25) is 0 Å². The molecular weight excluding hydrogens is 305 g/mol. The van der Waals surface area contributed by atoms with E-state index in [0.717, 1.165) is 12.0 Å². The van der Waals surface area contributed by atoms with Gasteiger partial charge in [0.1, 0.15) is 23.8 Å². The molecule has 0 heterocycles. The van der Waals surface area contributed by atoms with E-state index in [1.807, 2.05) is 13.0 Å². The Bertz CT molecular complexity index is 640. The highest BCUT2D eigenvalue weighted by atomic mass is 19.1. The van der Waals surface area contributed by atoms with Gasteiger partial charge in [-0.05, 0) is 36.5 Å². The van der Waals surface area contributed by atoms with Crippen molar-refractivity contribution in [2.24, 2.45) is 5.92 Å². The van der Waals surface area contributed by atoms with Crippen molar-refractivity contribution in [2.45, 2.75) is 33.1 Å². The number of amidine groups is 1. The zero-order valence-electron chi connectivity index (χ0n) is 14.7. The number of halogens is 1. The molecule has 0 radical (unpaired) electrons. The number of aldehydes is 1. The molecule has 0 spiro atoms. The van der Waals surface area contributed by atoms with Crippen LogP contribution in [-0.2, 0) is 6.42 Å². The number of rotatable bonds is 9. The molecule has 0 fully saturated rings. The van der Waals surface area contributed by atoms with Crippen molar-refractivity contribution < 1.29 is 9.18 Å². The first-order chi connectivity index (χ1) is 11.3. The molecule has 0 bridgehead atoms. The molecule has 1 unspecified atom stereocenters. The minimum Gasteiger partial charge on any atom is -0.340 e. The van der Waals surface area contributed by atoms with Crippen molar-refractivity contribution in [1.82, 2.24) is 4.90 Å². The standard InChI is InChI=1S/C19H26FN3O/c1-6-8-13(3)9-15-11-18(17(20)10-16(15)12-24)22-14(4)23(5)19(21)7-2/h6,10-13,21-22H,1,4,7-9H2,2-3,5H3. The number of carbonyl (C=O) groups is 1. The molecule has 130 valence electrons. The van der Waals surface area contributed by atoms with Crippen LogP contribution in [0.5, 0.6) is 0 Å². The second-order valence-corrected chi connectivity index (χ2v) is 5.91. The summed E-state index contributed by atoms with van der Waals surface area (Å²) in [5, 5.41) is 10.7. The lowest BCUT2D eigenvalue weighted by Crippen LogP contribution is -2.28. The van der Waals surface area contributed by atoms with E-state index in [1.165, 1.54) is 6.07 Å². The number of allylic oxidation sites excluding steroid dienone is 1. The Morgan fingerprint density at radius 2 is 2.17 bits per heavy atom. The van der Waals surface area contributed by atoms with E-state index in [0.29, 0.717) is 42.3 Å². The number of benzene rings is 1. The first-order valence-electron chi connectivity index (χ1n) is 7.99. The van der Waals surface area contributed by atoms with E-state index >= 15 is 0 Å². The average molecular weight is 331 g/mol. The Morgan fingerprint density at radius 3 is 2.71 bits per heavy atom. The van der Waals surface area contributed by atoms with Crippen LogP contribution >= 0.6 is 0 Å². The lowest BCUT2D eigenvalue weighted by atomic mass is 9.94. The molecule has 1 aromatic rings. The molecule has 1 atom stereocenters. The van der Waals surface area contributed by atoms with Crippen molar-refractivity contribution in [3.63, 3.8) is 0 Å². The summed E-state index contributed by atoms with van der Waals surface area (Å²) in [6.45, 7) is 11.5. The minimum atomic E-state index is -0.519. The highest BCUT2D eigenvalue weighted by Gasteiger charge is 2.14. The summed E-state index contributed by atoms with van der Waals surface area (Å²) < 4.78 is 14.3. The quantitative estimate of drug-likeness (QED) is 0.301. The van der Waals surface area contributed by atoms with E-state index in [4.69, 9.17) is 5.41 Å². The van der Waals surface area contributed by atoms with E-state index in [2.05, 4.69) is 25.4 Å². The highest BCUT2D eigenvalue weighted by Crippen LogP contribution is 2.24. The van der Waals surface area contributed by atoms with Crippen LogP contribution in [0.3, 0.4) is 0 Å². The molecule has 4 nitrogen and oxygen atoms in total. The van der Waals surface area contributed by atoms with Gasteiger partial charge in [0.05, 0.1) is 5.69 Å². The van der Waals surface area contributed by atoms with Gasteiger partial charge in [0.15, 0.2) is 0 Å². The van der Waals surface area contributed by atoms with Crippen LogP contribution in [0.4, 0.5) is 10.1 Å². The zero-order chi connectivity index (χ0) is 18.3. The second-order valence-electron chi connectivity index (χ2n) is 5.91. The van der Waals surface area contributed by atoms with E-state index in [1.54, 1.807) is 18.0 Å². The van der Waals surface area contributed by atoms with Gasteiger partial charge in [-0.3, -0.25) is 10.2 Å². The average Bonchev–Trinajstić information content (AvgIpc) is 2.56. The van der Waals surface area contributed by atoms with Crippen molar-refractivity contribution in [2.75, 3.05) is 12.4 Å². The van der Waals surface area contributed by atoms with Gasteiger partial charge < -0.3 is 10.2 Å². The lowest BCUT2D eigenvalue weighted by molar-refractivity contribution is 0.112. The van der Waals surface area contributed by atoms with Crippen molar-refractivity contribution >= 4 is 17.8 Å². The van der Waals surface area contributed by atoms with Crippen LogP contribution < -0.4 is 5.32 Å². The maximum Gasteiger partial charge on any atom is 0.150 e. The molecule has 0 aliphatic carbocycles. The van der Waals surface area contributed by atoms with E-state index in [9.17, 15) is 9.18 Å². The fourth-order valence-electron chi connectivity index (χ4n) is 2.40.